The van der Waals surface area contributed by atoms with Crippen LogP contribution in [0.5, 0.6) is 0 Å². The third kappa shape index (κ3) is 3.46. The van der Waals surface area contributed by atoms with E-state index in [4.69, 9.17) is 4.42 Å². The average molecular weight is 281 g/mol. The number of aryl methyl sites for hydroxylation is 1. The van der Waals surface area contributed by atoms with Crippen molar-refractivity contribution in [2.45, 2.75) is 25.8 Å². The lowest BCUT2D eigenvalue weighted by Crippen LogP contribution is -2.18. The average Bonchev–Trinajstić information content (AvgIpc) is 2.93. The van der Waals surface area contributed by atoms with Gasteiger partial charge in [-0.3, -0.25) is 0 Å². The molecule has 0 amide bonds. The summed E-state index contributed by atoms with van der Waals surface area (Å²) in [6, 6.07) is 4.52. The lowest BCUT2D eigenvalue weighted by atomic mass is 10.1. The van der Waals surface area contributed by atoms with E-state index in [0.717, 1.165) is 24.7 Å². The first kappa shape index (κ1) is 14.3. The van der Waals surface area contributed by atoms with Gasteiger partial charge in [0.1, 0.15) is 5.76 Å². The van der Waals surface area contributed by atoms with Gasteiger partial charge in [-0.2, -0.15) is 0 Å². The van der Waals surface area contributed by atoms with Crippen LogP contribution in [0, 0.1) is 11.6 Å². The molecule has 0 radical (unpaired) electrons. The van der Waals surface area contributed by atoms with Crippen LogP contribution in [0.2, 0.25) is 0 Å². The molecular formula is C14H17F2N3O. The van der Waals surface area contributed by atoms with Crippen LogP contribution in [0.1, 0.15) is 19.1 Å². The van der Waals surface area contributed by atoms with Crippen molar-refractivity contribution in [3.63, 3.8) is 0 Å². The Hall–Kier alpha value is -2.11. The van der Waals surface area contributed by atoms with Crippen molar-refractivity contribution in [2.75, 3.05) is 17.7 Å². The monoisotopic (exact) mass is 281 g/mol. The summed E-state index contributed by atoms with van der Waals surface area (Å²) in [6.07, 6.45) is 3.11. The molecule has 0 saturated heterocycles. The molecule has 2 N–H and O–H groups in total. The predicted molar refractivity (Wildman–Crippen MR) is 73.8 cm³/mol. The van der Waals surface area contributed by atoms with Crippen molar-refractivity contribution in [3.05, 3.63) is 41.9 Å². The van der Waals surface area contributed by atoms with Gasteiger partial charge in [-0.1, -0.05) is 0 Å². The number of hydrogen-bond acceptors (Lipinski definition) is 4. The maximum absolute atomic E-state index is 13.6. The summed E-state index contributed by atoms with van der Waals surface area (Å²) in [5, 5.41) is 5.52. The number of hydrogen-bond donors (Lipinski definition) is 2. The summed E-state index contributed by atoms with van der Waals surface area (Å²) in [7, 11) is 1.54. The van der Waals surface area contributed by atoms with Gasteiger partial charge in [0.15, 0.2) is 23.3 Å². The lowest BCUT2D eigenvalue weighted by molar-refractivity contribution is 0.494. The van der Waals surface area contributed by atoms with Gasteiger partial charge < -0.3 is 15.1 Å². The maximum Gasteiger partial charge on any atom is 0.168 e. The molecule has 0 bridgehead atoms. The second-order valence-electron chi connectivity index (χ2n) is 4.56. The molecule has 2 heterocycles. The number of anilines is 2. The van der Waals surface area contributed by atoms with E-state index in [1.165, 1.54) is 7.05 Å². The lowest BCUT2D eigenvalue weighted by Gasteiger charge is -2.15. The Morgan fingerprint density at radius 2 is 2.05 bits per heavy atom. The fourth-order valence-electron chi connectivity index (χ4n) is 1.86. The Balaban J connectivity index is 1.98. The highest BCUT2D eigenvalue weighted by Gasteiger charge is 2.13. The van der Waals surface area contributed by atoms with Gasteiger partial charge >= 0.3 is 0 Å². The zero-order valence-corrected chi connectivity index (χ0v) is 11.4. The van der Waals surface area contributed by atoms with E-state index in [0.29, 0.717) is 0 Å². The first-order chi connectivity index (χ1) is 9.60. The third-order valence-electron chi connectivity index (χ3n) is 2.95. The van der Waals surface area contributed by atoms with Crippen LogP contribution in [-0.2, 0) is 6.42 Å². The van der Waals surface area contributed by atoms with E-state index < -0.39 is 11.6 Å². The molecule has 1 unspecified atom stereocenters. The minimum Gasteiger partial charge on any atom is -0.469 e. The highest BCUT2D eigenvalue weighted by atomic mass is 19.1. The Labute approximate surface area is 116 Å². The molecule has 0 fully saturated rings. The zero-order valence-electron chi connectivity index (χ0n) is 11.4. The summed E-state index contributed by atoms with van der Waals surface area (Å²) in [5.41, 5.74) is 0. The summed E-state index contributed by atoms with van der Waals surface area (Å²) in [4.78, 5) is 3.88. The topological polar surface area (TPSA) is 50.1 Å². The van der Waals surface area contributed by atoms with Crippen LogP contribution in [0.25, 0.3) is 0 Å². The zero-order chi connectivity index (χ0) is 14.5. The number of nitrogens with zero attached hydrogens (tertiary/aromatic N) is 1. The van der Waals surface area contributed by atoms with Crippen LogP contribution >= 0.6 is 0 Å². The molecule has 4 nitrogen and oxygen atoms in total. The van der Waals surface area contributed by atoms with Gasteiger partial charge in [-0.15, -0.1) is 0 Å². The van der Waals surface area contributed by atoms with Crippen LogP contribution in [0.4, 0.5) is 20.4 Å². The third-order valence-corrected chi connectivity index (χ3v) is 2.95. The molecule has 0 aliphatic rings. The van der Waals surface area contributed by atoms with Crippen molar-refractivity contribution in [1.82, 2.24) is 4.98 Å². The van der Waals surface area contributed by atoms with E-state index in [2.05, 4.69) is 15.6 Å². The van der Waals surface area contributed by atoms with Gasteiger partial charge in [-0.05, 0) is 25.5 Å². The van der Waals surface area contributed by atoms with E-state index in [-0.39, 0.29) is 17.7 Å². The van der Waals surface area contributed by atoms with E-state index in [1.807, 2.05) is 19.1 Å². The smallest absolute Gasteiger partial charge is 0.168 e. The van der Waals surface area contributed by atoms with Gasteiger partial charge in [-0.25, -0.2) is 13.8 Å². The highest BCUT2D eigenvalue weighted by Crippen LogP contribution is 2.20. The van der Waals surface area contributed by atoms with Gasteiger partial charge in [0, 0.05) is 25.6 Å². The maximum atomic E-state index is 13.6. The minimum absolute atomic E-state index is 0.0164. The summed E-state index contributed by atoms with van der Waals surface area (Å²) in [5.74, 6) is -0.470. The fraction of sp³-hybridized carbons (Fsp3) is 0.357. The largest absolute Gasteiger partial charge is 0.469 e. The van der Waals surface area contributed by atoms with E-state index in [9.17, 15) is 8.78 Å². The predicted octanol–water partition coefficient (Wildman–Crippen LogP) is 3.43. The van der Waals surface area contributed by atoms with Crippen molar-refractivity contribution >= 4 is 11.6 Å². The van der Waals surface area contributed by atoms with E-state index >= 15 is 0 Å². The van der Waals surface area contributed by atoms with Crippen molar-refractivity contribution in [2.24, 2.45) is 0 Å². The standard InChI is InChI=1S/C14H17F2N3O/c1-9(5-6-10-4-3-7-20-10)18-14-12(16)8-11(15)13(17-2)19-14/h3-4,7-9H,5-6H2,1-2H3,(H2,17,18,19). The molecule has 108 valence electrons. The quantitative estimate of drug-likeness (QED) is 0.851. The Morgan fingerprint density at radius 3 is 2.70 bits per heavy atom. The molecule has 2 rings (SSSR count). The van der Waals surface area contributed by atoms with Crippen LogP contribution < -0.4 is 10.6 Å². The molecule has 2 aromatic heterocycles. The minimum atomic E-state index is -0.709. The normalized spacial score (nSPS) is 12.2. The first-order valence-corrected chi connectivity index (χ1v) is 6.43. The molecule has 1 atom stereocenters. The summed E-state index contributed by atoms with van der Waals surface area (Å²) in [6.45, 7) is 1.91. The molecule has 2 aromatic rings. The van der Waals surface area contributed by atoms with Gasteiger partial charge in [0.25, 0.3) is 0 Å². The number of rotatable bonds is 6. The van der Waals surface area contributed by atoms with Crippen molar-refractivity contribution in [3.8, 4) is 0 Å². The van der Waals surface area contributed by atoms with E-state index in [1.54, 1.807) is 6.26 Å². The SMILES string of the molecule is CNc1nc(NC(C)CCc2ccco2)c(F)cc1F. The number of halogens is 2. The van der Waals surface area contributed by atoms with Crippen LogP contribution in [0.15, 0.2) is 28.9 Å². The molecular weight excluding hydrogens is 264 g/mol. The van der Waals surface area contributed by atoms with Crippen LogP contribution in [-0.4, -0.2) is 18.1 Å². The Bertz CT molecular complexity index is 558. The molecule has 20 heavy (non-hydrogen) atoms. The molecule has 0 saturated carbocycles. The second kappa shape index (κ2) is 6.36. The number of aromatic nitrogens is 1. The Morgan fingerprint density at radius 1 is 1.30 bits per heavy atom. The second-order valence-corrected chi connectivity index (χ2v) is 4.56. The fourth-order valence-corrected chi connectivity index (χ4v) is 1.86. The molecule has 6 heteroatoms. The first-order valence-electron chi connectivity index (χ1n) is 6.43. The number of nitrogens with one attached hydrogen (secondary N) is 2. The Kier molecular flexibility index (Phi) is 4.55. The molecule has 0 aliphatic heterocycles. The van der Waals surface area contributed by atoms with Crippen molar-refractivity contribution < 1.29 is 13.2 Å². The highest BCUT2D eigenvalue weighted by molar-refractivity contribution is 5.47. The molecule has 0 aromatic carbocycles. The molecule has 0 spiro atoms. The van der Waals surface area contributed by atoms with Gasteiger partial charge in [0.05, 0.1) is 6.26 Å². The molecule has 0 aliphatic carbocycles. The van der Waals surface area contributed by atoms with Gasteiger partial charge in [0.2, 0.25) is 0 Å². The number of furan rings is 1. The number of pyridine rings is 1. The summed E-state index contributed by atoms with van der Waals surface area (Å²) < 4.78 is 32.2. The van der Waals surface area contributed by atoms with Crippen LogP contribution in [0.3, 0.4) is 0 Å². The van der Waals surface area contributed by atoms with Crippen molar-refractivity contribution in [1.29, 1.82) is 0 Å². The summed E-state index contributed by atoms with van der Waals surface area (Å²) >= 11 is 0.